The fourth-order valence-corrected chi connectivity index (χ4v) is 2.92. The molecule has 6 nitrogen and oxygen atoms in total. The third kappa shape index (κ3) is 4.64. The molecular weight excluding hydrogens is 352 g/mol. The second kappa shape index (κ2) is 9.05. The second-order valence-electron chi connectivity index (χ2n) is 5.32. The van der Waals surface area contributed by atoms with E-state index in [1.165, 1.54) is 11.8 Å². The summed E-state index contributed by atoms with van der Waals surface area (Å²) in [4.78, 5) is 10.8. The van der Waals surface area contributed by atoms with Crippen LogP contribution in [0, 0.1) is 0 Å². The van der Waals surface area contributed by atoms with Crippen molar-refractivity contribution in [2.24, 2.45) is 0 Å². The number of methoxy groups -OCH3 is 1. The normalized spacial score (nSPS) is 10.5. The van der Waals surface area contributed by atoms with Crippen LogP contribution in [0.25, 0.3) is 11.5 Å². The van der Waals surface area contributed by atoms with Gasteiger partial charge in [-0.3, -0.25) is 4.79 Å². The molecule has 26 heavy (non-hydrogen) atoms. The lowest BCUT2D eigenvalue weighted by Gasteiger charge is -2.10. The van der Waals surface area contributed by atoms with E-state index in [0.717, 1.165) is 24.0 Å². The highest BCUT2D eigenvalue weighted by molar-refractivity contribution is 7.99. The molecule has 0 aliphatic heterocycles. The van der Waals surface area contributed by atoms with Crippen LogP contribution >= 0.6 is 11.8 Å². The minimum absolute atomic E-state index is 0.517. The van der Waals surface area contributed by atoms with Gasteiger partial charge < -0.3 is 13.9 Å². The van der Waals surface area contributed by atoms with Crippen molar-refractivity contribution in [2.45, 2.75) is 11.6 Å². The molecular formula is C19H18N2O4S. The van der Waals surface area contributed by atoms with Crippen molar-refractivity contribution in [1.29, 1.82) is 0 Å². The number of hydrogen-bond donors (Lipinski definition) is 0. The van der Waals surface area contributed by atoms with Crippen molar-refractivity contribution in [1.82, 2.24) is 10.2 Å². The summed E-state index contributed by atoms with van der Waals surface area (Å²) in [6.45, 7) is 0.517. The molecule has 0 aliphatic rings. The first kappa shape index (κ1) is 18.0. The predicted molar refractivity (Wildman–Crippen MR) is 99.0 cm³/mol. The molecule has 7 heteroatoms. The number of nitrogens with zero attached hydrogens (tertiary/aromatic N) is 2. The Hall–Kier alpha value is -2.80. The van der Waals surface area contributed by atoms with Crippen molar-refractivity contribution >= 4 is 18.0 Å². The highest BCUT2D eigenvalue weighted by atomic mass is 32.2. The van der Waals surface area contributed by atoms with E-state index in [4.69, 9.17) is 13.9 Å². The van der Waals surface area contributed by atoms with Crippen LogP contribution in [0.2, 0.25) is 0 Å². The van der Waals surface area contributed by atoms with Crippen LogP contribution in [0.15, 0.2) is 58.2 Å². The third-order valence-electron chi connectivity index (χ3n) is 3.52. The first-order chi connectivity index (χ1) is 12.8. The molecule has 0 spiro atoms. The maximum Gasteiger partial charge on any atom is 0.276 e. The molecule has 2 aromatic carbocycles. The monoisotopic (exact) mass is 370 g/mol. The topological polar surface area (TPSA) is 74.5 Å². The van der Waals surface area contributed by atoms with E-state index in [0.29, 0.717) is 34.8 Å². The van der Waals surface area contributed by atoms with E-state index in [2.05, 4.69) is 10.2 Å². The molecule has 3 rings (SSSR count). The number of aldehydes is 1. The minimum Gasteiger partial charge on any atom is -0.493 e. The minimum atomic E-state index is 0.517. The molecule has 1 aromatic heterocycles. The van der Waals surface area contributed by atoms with Gasteiger partial charge in [0.05, 0.1) is 13.7 Å². The van der Waals surface area contributed by atoms with Gasteiger partial charge in [0.25, 0.3) is 5.22 Å². The summed E-state index contributed by atoms with van der Waals surface area (Å²) in [5.41, 5.74) is 1.46. The molecule has 0 atom stereocenters. The molecule has 0 saturated carbocycles. The summed E-state index contributed by atoms with van der Waals surface area (Å²) in [5.74, 6) is 2.47. The van der Waals surface area contributed by atoms with Crippen LogP contribution < -0.4 is 9.47 Å². The summed E-state index contributed by atoms with van der Waals surface area (Å²) >= 11 is 1.49. The van der Waals surface area contributed by atoms with Gasteiger partial charge >= 0.3 is 0 Å². The average Bonchev–Trinajstić information content (AvgIpc) is 3.17. The molecule has 0 fully saturated rings. The number of thioether (sulfide) groups is 1. The number of carbonyl (C=O) groups excluding carboxylic acids is 1. The molecule has 0 bridgehead atoms. The summed E-state index contributed by atoms with van der Waals surface area (Å²) in [6, 6.07) is 14.7. The summed E-state index contributed by atoms with van der Waals surface area (Å²) in [6.07, 6.45) is 1.57. The maximum atomic E-state index is 10.8. The highest BCUT2D eigenvalue weighted by Crippen LogP contribution is 2.28. The van der Waals surface area contributed by atoms with Crippen molar-refractivity contribution in [3.63, 3.8) is 0 Å². The SMILES string of the molecule is COc1cc(C=O)ccc1OCCCSc1nnc(-c2ccccc2)o1. The highest BCUT2D eigenvalue weighted by Gasteiger charge is 2.09. The first-order valence-electron chi connectivity index (χ1n) is 8.08. The van der Waals surface area contributed by atoms with Gasteiger partial charge in [0.15, 0.2) is 11.5 Å². The van der Waals surface area contributed by atoms with Crippen molar-refractivity contribution < 1.29 is 18.7 Å². The van der Waals surface area contributed by atoms with E-state index in [9.17, 15) is 4.79 Å². The number of rotatable bonds is 9. The van der Waals surface area contributed by atoms with E-state index < -0.39 is 0 Å². The molecule has 3 aromatic rings. The lowest BCUT2D eigenvalue weighted by molar-refractivity contribution is 0.112. The zero-order chi connectivity index (χ0) is 18.2. The van der Waals surface area contributed by atoms with Crippen molar-refractivity contribution in [2.75, 3.05) is 19.5 Å². The van der Waals surface area contributed by atoms with Gasteiger partial charge in [-0.15, -0.1) is 10.2 Å². The predicted octanol–water partition coefficient (Wildman–Crippen LogP) is 4.12. The molecule has 0 unspecified atom stereocenters. The number of carbonyl (C=O) groups is 1. The van der Waals surface area contributed by atoms with Gasteiger partial charge in [0, 0.05) is 16.9 Å². The molecule has 0 aliphatic carbocycles. The van der Waals surface area contributed by atoms with E-state index in [1.54, 1.807) is 25.3 Å². The smallest absolute Gasteiger partial charge is 0.276 e. The molecule has 134 valence electrons. The standard InChI is InChI=1S/C19H18N2O4S/c1-23-17-12-14(13-22)8-9-16(17)24-10-5-11-26-19-21-20-18(25-19)15-6-3-2-4-7-15/h2-4,6-9,12-13H,5,10-11H2,1H3. The Morgan fingerprint density at radius 3 is 2.73 bits per heavy atom. The fourth-order valence-electron chi connectivity index (χ4n) is 2.24. The van der Waals surface area contributed by atoms with Gasteiger partial charge in [0.1, 0.15) is 6.29 Å². The largest absolute Gasteiger partial charge is 0.493 e. The fraction of sp³-hybridized carbons (Fsp3) is 0.211. The Bertz CT molecular complexity index is 852. The summed E-state index contributed by atoms with van der Waals surface area (Å²) in [5, 5.41) is 8.64. The Kier molecular flexibility index (Phi) is 6.27. The van der Waals surface area contributed by atoms with Crippen LogP contribution in [0.1, 0.15) is 16.8 Å². The number of aromatic nitrogens is 2. The van der Waals surface area contributed by atoms with E-state index in [1.807, 2.05) is 30.3 Å². The van der Waals surface area contributed by atoms with E-state index in [-0.39, 0.29) is 0 Å². The molecule has 0 saturated heterocycles. The molecule has 0 N–H and O–H groups in total. The Labute approximate surface area is 155 Å². The first-order valence-corrected chi connectivity index (χ1v) is 9.06. The van der Waals surface area contributed by atoms with Crippen molar-refractivity contribution in [3.8, 4) is 23.0 Å². The second-order valence-corrected chi connectivity index (χ2v) is 6.36. The van der Waals surface area contributed by atoms with Crippen LogP contribution in [0.5, 0.6) is 11.5 Å². The average molecular weight is 370 g/mol. The van der Waals surface area contributed by atoms with E-state index >= 15 is 0 Å². The maximum absolute atomic E-state index is 10.8. The van der Waals surface area contributed by atoms with Gasteiger partial charge in [-0.05, 0) is 36.8 Å². The number of benzene rings is 2. The Morgan fingerprint density at radius 2 is 1.96 bits per heavy atom. The third-order valence-corrected chi connectivity index (χ3v) is 4.43. The van der Waals surface area contributed by atoms with Crippen LogP contribution in [0.4, 0.5) is 0 Å². The van der Waals surface area contributed by atoms with Crippen molar-refractivity contribution in [3.05, 3.63) is 54.1 Å². The van der Waals surface area contributed by atoms with Gasteiger partial charge in [-0.2, -0.15) is 0 Å². The zero-order valence-electron chi connectivity index (χ0n) is 14.3. The van der Waals surface area contributed by atoms with Gasteiger partial charge in [0.2, 0.25) is 5.89 Å². The quantitative estimate of drug-likeness (QED) is 0.319. The lowest BCUT2D eigenvalue weighted by atomic mass is 10.2. The van der Waals surface area contributed by atoms with Gasteiger partial charge in [-0.25, -0.2) is 0 Å². The Morgan fingerprint density at radius 1 is 1.12 bits per heavy atom. The Balaban J connectivity index is 1.45. The lowest BCUT2D eigenvalue weighted by Crippen LogP contribution is -2.01. The van der Waals surface area contributed by atoms with Gasteiger partial charge in [-0.1, -0.05) is 30.0 Å². The molecule has 1 heterocycles. The molecule has 0 amide bonds. The summed E-state index contributed by atoms with van der Waals surface area (Å²) < 4.78 is 16.6. The molecule has 0 radical (unpaired) electrons. The number of ether oxygens (including phenoxy) is 2. The number of hydrogen-bond acceptors (Lipinski definition) is 7. The van der Waals surface area contributed by atoms with Crippen LogP contribution in [-0.4, -0.2) is 36.0 Å². The zero-order valence-corrected chi connectivity index (χ0v) is 15.1. The van der Waals surface area contributed by atoms with Crippen LogP contribution in [0.3, 0.4) is 0 Å². The van der Waals surface area contributed by atoms with Crippen LogP contribution in [-0.2, 0) is 0 Å². The summed E-state index contributed by atoms with van der Waals surface area (Å²) in [7, 11) is 1.55.